The van der Waals surface area contributed by atoms with E-state index in [4.69, 9.17) is 11.6 Å². The van der Waals surface area contributed by atoms with Crippen molar-refractivity contribution in [3.63, 3.8) is 0 Å². The maximum Gasteiger partial charge on any atom is 0.116 e. The van der Waals surface area contributed by atoms with Crippen LogP contribution in [-0.2, 0) is 0 Å². The monoisotopic (exact) mass is 255 g/mol. The van der Waals surface area contributed by atoms with E-state index >= 15 is 0 Å². The van der Waals surface area contributed by atoms with Crippen LogP contribution in [0.15, 0.2) is 36.8 Å². The Morgan fingerprint density at radius 2 is 2.31 bits per heavy atom. The molecule has 0 fully saturated rings. The van der Waals surface area contributed by atoms with Crippen LogP contribution in [0, 0.1) is 0 Å². The molecule has 86 valence electrons. The zero-order chi connectivity index (χ0) is 11.8. The van der Waals surface area contributed by atoms with Crippen molar-refractivity contribution in [3.05, 3.63) is 42.5 Å². The molecule has 5 heteroatoms. The van der Waals surface area contributed by atoms with Gasteiger partial charge in [-0.05, 0) is 12.5 Å². The number of halogens is 1. The Morgan fingerprint density at radius 3 is 2.94 bits per heavy atom. The van der Waals surface area contributed by atoms with E-state index in [-0.39, 0.29) is 0 Å². The molecule has 0 spiro atoms. The number of aromatic nitrogens is 2. The Hall–Kier alpha value is -1.00. The van der Waals surface area contributed by atoms with Gasteiger partial charge in [-0.25, -0.2) is 9.97 Å². The molecule has 0 aromatic carbocycles. The summed E-state index contributed by atoms with van der Waals surface area (Å²) >= 11 is 7.22. The maximum atomic E-state index is 5.59. The molecule has 0 aliphatic carbocycles. The van der Waals surface area contributed by atoms with Crippen molar-refractivity contribution in [2.24, 2.45) is 0 Å². The van der Waals surface area contributed by atoms with Crippen molar-refractivity contribution in [1.29, 1.82) is 0 Å². The summed E-state index contributed by atoms with van der Waals surface area (Å²) in [7, 11) is 0. The summed E-state index contributed by atoms with van der Waals surface area (Å²) in [4.78, 5) is 7.93. The number of thioether (sulfide) groups is 1. The molecule has 0 saturated heterocycles. The third kappa shape index (κ3) is 4.68. The zero-order valence-electron chi connectivity index (χ0n) is 8.95. The molecule has 0 amide bonds. The van der Waals surface area contributed by atoms with Gasteiger partial charge in [0.15, 0.2) is 0 Å². The Balaban J connectivity index is 2.37. The molecule has 3 nitrogen and oxygen atoms in total. The molecule has 0 aliphatic rings. The predicted molar refractivity (Wildman–Crippen MR) is 71.1 cm³/mol. The fraction of sp³-hybridized carbons (Fsp3) is 0.273. The van der Waals surface area contributed by atoms with Gasteiger partial charge in [0.05, 0.1) is 16.4 Å². The van der Waals surface area contributed by atoms with E-state index in [1.807, 2.05) is 0 Å². The second kappa shape index (κ2) is 7.30. The second-order valence-corrected chi connectivity index (χ2v) is 4.58. The predicted octanol–water partition coefficient (Wildman–Crippen LogP) is 2.87. The molecule has 1 aromatic heterocycles. The van der Waals surface area contributed by atoms with Crippen molar-refractivity contribution in [3.8, 4) is 0 Å². The zero-order valence-corrected chi connectivity index (χ0v) is 10.5. The number of hydrogen-bond donors (Lipinski definition) is 1. The standard InChI is InChI=1S/C11H14ClN3S/c1-9(11-4-6-13-8-14-11)15-10(2)16-7-3-5-12/h4,6,8,15H,1-3,5,7H2. The molecule has 0 bridgehead atoms. The number of rotatable bonds is 7. The Morgan fingerprint density at radius 1 is 1.50 bits per heavy atom. The van der Waals surface area contributed by atoms with E-state index in [0.29, 0.717) is 5.88 Å². The van der Waals surface area contributed by atoms with Crippen LogP contribution in [0.25, 0.3) is 5.70 Å². The summed E-state index contributed by atoms with van der Waals surface area (Å²) in [5, 5.41) is 3.95. The molecule has 1 rings (SSSR count). The van der Waals surface area contributed by atoms with E-state index < -0.39 is 0 Å². The van der Waals surface area contributed by atoms with Crippen molar-refractivity contribution >= 4 is 29.1 Å². The normalized spacial score (nSPS) is 9.81. The van der Waals surface area contributed by atoms with Crippen LogP contribution < -0.4 is 5.32 Å². The van der Waals surface area contributed by atoms with Crippen LogP contribution >= 0.6 is 23.4 Å². The summed E-state index contributed by atoms with van der Waals surface area (Å²) in [5.41, 5.74) is 1.50. The summed E-state index contributed by atoms with van der Waals surface area (Å²) in [5.74, 6) is 1.62. The summed E-state index contributed by atoms with van der Waals surface area (Å²) in [6.07, 6.45) is 4.14. The molecule has 1 N–H and O–H groups in total. The van der Waals surface area contributed by atoms with Gasteiger partial charge >= 0.3 is 0 Å². The van der Waals surface area contributed by atoms with Crippen LogP contribution in [0.3, 0.4) is 0 Å². The Kier molecular flexibility index (Phi) is 5.96. The van der Waals surface area contributed by atoms with E-state index in [1.165, 1.54) is 6.33 Å². The molecular formula is C11H14ClN3S. The van der Waals surface area contributed by atoms with Gasteiger partial charge in [-0.1, -0.05) is 13.2 Å². The van der Waals surface area contributed by atoms with Gasteiger partial charge in [0.2, 0.25) is 0 Å². The van der Waals surface area contributed by atoms with Crippen LogP contribution in [0.2, 0.25) is 0 Å². The van der Waals surface area contributed by atoms with Gasteiger partial charge in [0.25, 0.3) is 0 Å². The molecule has 0 unspecified atom stereocenters. The molecule has 0 aliphatic heterocycles. The SMILES string of the molecule is C=C(NC(=C)c1ccncn1)SCCCCl. The topological polar surface area (TPSA) is 37.8 Å². The van der Waals surface area contributed by atoms with Crippen LogP contribution in [0.4, 0.5) is 0 Å². The van der Waals surface area contributed by atoms with Crippen molar-refractivity contribution in [2.75, 3.05) is 11.6 Å². The van der Waals surface area contributed by atoms with Gasteiger partial charge in [-0.3, -0.25) is 0 Å². The van der Waals surface area contributed by atoms with E-state index in [1.54, 1.807) is 24.0 Å². The highest BCUT2D eigenvalue weighted by molar-refractivity contribution is 8.03. The summed E-state index contributed by atoms with van der Waals surface area (Å²) in [6.45, 7) is 7.79. The largest absolute Gasteiger partial charge is 0.349 e. The maximum absolute atomic E-state index is 5.59. The third-order valence-corrected chi connectivity index (χ3v) is 2.95. The van der Waals surface area contributed by atoms with Crippen molar-refractivity contribution in [2.45, 2.75) is 6.42 Å². The number of alkyl halides is 1. The van der Waals surface area contributed by atoms with Crippen molar-refractivity contribution in [1.82, 2.24) is 15.3 Å². The van der Waals surface area contributed by atoms with Crippen LogP contribution in [0.5, 0.6) is 0 Å². The van der Waals surface area contributed by atoms with Gasteiger partial charge < -0.3 is 5.32 Å². The lowest BCUT2D eigenvalue weighted by Gasteiger charge is -2.10. The molecule has 16 heavy (non-hydrogen) atoms. The summed E-state index contributed by atoms with van der Waals surface area (Å²) < 4.78 is 0. The smallest absolute Gasteiger partial charge is 0.116 e. The Labute approximate surface area is 105 Å². The first-order valence-electron chi connectivity index (χ1n) is 4.84. The molecule has 0 radical (unpaired) electrons. The molecule has 1 heterocycles. The van der Waals surface area contributed by atoms with E-state index in [0.717, 1.165) is 28.6 Å². The molecule has 0 atom stereocenters. The first-order valence-corrected chi connectivity index (χ1v) is 6.36. The average molecular weight is 256 g/mol. The van der Waals surface area contributed by atoms with Gasteiger partial charge in [-0.2, -0.15) is 0 Å². The third-order valence-electron chi connectivity index (χ3n) is 1.74. The van der Waals surface area contributed by atoms with Gasteiger partial charge in [0, 0.05) is 17.8 Å². The highest BCUT2D eigenvalue weighted by Gasteiger charge is 2.01. The number of nitrogens with one attached hydrogen (secondary N) is 1. The minimum atomic E-state index is 0.674. The highest BCUT2D eigenvalue weighted by Crippen LogP contribution is 2.15. The number of hydrogen-bond acceptors (Lipinski definition) is 4. The highest BCUT2D eigenvalue weighted by atomic mass is 35.5. The minimum Gasteiger partial charge on any atom is -0.349 e. The quantitative estimate of drug-likeness (QED) is 0.601. The Bertz CT molecular complexity index is 354. The van der Waals surface area contributed by atoms with E-state index in [2.05, 4.69) is 28.4 Å². The van der Waals surface area contributed by atoms with Crippen LogP contribution in [-0.4, -0.2) is 21.6 Å². The lowest BCUT2D eigenvalue weighted by molar-refractivity contribution is 1.09. The van der Waals surface area contributed by atoms with Crippen molar-refractivity contribution < 1.29 is 0 Å². The molecule has 1 aromatic rings. The lowest BCUT2D eigenvalue weighted by atomic mass is 10.3. The lowest BCUT2D eigenvalue weighted by Crippen LogP contribution is -2.09. The minimum absolute atomic E-state index is 0.674. The first-order chi connectivity index (χ1) is 7.74. The average Bonchev–Trinajstić information content (AvgIpc) is 2.30. The van der Waals surface area contributed by atoms with Gasteiger partial charge in [0.1, 0.15) is 6.33 Å². The van der Waals surface area contributed by atoms with Crippen LogP contribution in [0.1, 0.15) is 12.1 Å². The number of nitrogens with zero attached hydrogens (tertiary/aromatic N) is 2. The van der Waals surface area contributed by atoms with E-state index in [9.17, 15) is 0 Å². The fourth-order valence-corrected chi connectivity index (χ4v) is 2.01. The molecule has 0 saturated carbocycles. The second-order valence-electron chi connectivity index (χ2n) is 3.01. The first kappa shape index (κ1) is 13.1. The van der Waals surface area contributed by atoms with Gasteiger partial charge in [-0.15, -0.1) is 23.4 Å². The molecular weight excluding hydrogens is 242 g/mol. The summed E-state index contributed by atoms with van der Waals surface area (Å²) in [6, 6.07) is 1.80. The fourth-order valence-electron chi connectivity index (χ4n) is 0.988.